The molecule has 154 valence electrons. The minimum atomic E-state index is -0.438. The second-order valence-corrected chi connectivity index (χ2v) is 7.99. The Labute approximate surface area is 170 Å². The van der Waals surface area contributed by atoms with Gasteiger partial charge in [-0.25, -0.2) is 14.4 Å². The van der Waals surface area contributed by atoms with E-state index in [1.165, 1.54) is 24.4 Å². The maximum Gasteiger partial charge on any atom is 0.226 e. The molecule has 0 atom stereocenters. The van der Waals surface area contributed by atoms with Gasteiger partial charge in [-0.3, -0.25) is 4.79 Å². The summed E-state index contributed by atoms with van der Waals surface area (Å²) in [6.45, 7) is 3.31. The number of likely N-dealkylation sites (N-methyl/N-ethyl adjacent to an activating group) is 1. The number of carbonyl (C=O) groups is 1. The molecule has 0 radical (unpaired) electrons. The third kappa shape index (κ3) is 4.40. The first-order valence-electron chi connectivity index (χ1n) is 10.2. The number of methoxy groups -OCH3 is 1. The fourth-order valence-electron chi connectivity index (χ4n) is 4.16. The van der Waals surface area contributed by atoms with Crippen LogP contribution in [0.5, 0.6) is 5.75 Å². The summed E-state index contributed by atoms with van der Waals surface area (Å²) >= 11 is 0. The van der Waals surface area contributed by atoms with Crippen molar-refractivity contribution in [3.05, 3.63) is 52.9 Å². The van der Waals surface area contributed by atoms with Gasteiger partial charge in [0.25, 0.3) is 0 Å². The molecule has 2 aromatic rings. The van der Waals surface area contributed by atoms with Crippen molar-refractivity contribution in [3.63, 3.8) is 0 Å². The molecular formula is C22H27FN4O2. The zero-order valence-corrected chi connectivity index (χ0v) is 17.0. The van der Waals surface area contributed by atoms with Crippen LogP contribution in [0.1, 0.15) is 41.4 Å². The van der Waals surface area contributed by atoms with Crippen LogP contribution < -0.4 is 4.74 Å². The fourth-order valence-corrected chi connectivity index (χ4v) is 4.16. The molecule has 1 saturated heterocycles. The van der Waals surface area contributed by atoms with Crippen LogP contribution in [-0.4, -0.2) is 59.5 Å². The molecule has 0 unspecified atom stereocenters. The minimum absolute atomic E-state index is 0.0300. The Morgan fingerprint density at radius 2 is 2.07 bits per heavy atom. The number of amides is 1. The van der Waals surface area contributed by atoms with Crippen LogP contribution in [-0.2, 0) is 24.2 Å². The van der Waals surface area contributed by atoms with Gasteiger partial charge in [0.15, 0.2) is 11.6 Å². The number of halogens is 1. The lowest BCUT2D eigenvalue weighted by atomic mass is 9.95. The van der Waals surface area contributed by atoms with Crippen molar-refractivity contribution >= 4 is 5.91 Å². The molecule has 6 nitrogen and oxygen atoms in total. The van der Waals surface area contributed by atoms with Crippen molar-refractivity contribution < 1.29 is 13.9 Å². The predicted molar refractivity (Wildman–Crippen MR) is 107 cm³/mol. The van der Waals surface area contributed by atoms with Gasteiger partial charge < -0.3 is 14.5 Å². The molecule has 7 heteroatoms. The number of hydrogen-bond acceptors (Lipinski definition) is 5. The zero-order chi connectivity index (χ0) is 20.4. The van der Waals surface area contributed by atoms with E-state index in [4.69, 9.17) is 9.72 Å². The molecule has 0 spiro atoms. The summed E-state index contributed by atoms with van der Waals surface area (Å²) in [5, 5.41) is 0. The smallest absolute Gasteiger partial charge is 0.226 e. The van der Waals surface area contributed by atoms with Gasteiger partial charge in [0.1, 0.15) is 5.82 Å². The van der Waals surface area contributed by atoms with E-state index in [0.29, 0.717) is 24.6 Å². The number of nitrogens with zero attached hydrogens (tertiary/aromatic N) is 4. The number of fused-ring (bicyclic) bond motifs is 1. The molecule has 0 saturated carbocycles. The van der Waals surface area contributed by atoms with Gasteiger partial charge in [0.2, 0.25) is 5.91 Å². The third-order valence-corrected chi connectivity index (χ3v) is 5.93. The Morgan fingerprint density at radius 1 is 1.28 bits per heavy atom. The van der Waals surface area contributed by atoms with E-state index in [-0.39, 0.29) is 18.1 Å². The van der Waals surface area contributed by atoms with Crippen LogP contribution in [0.15, 0.2) is 24.4 Å². The van der Waals surface area contributed by atoms with E-state index in [1.54, 1.807) is 12.1 Å². The van der Waals surface area contributed by atoms with E-state index in [0.717, 1.165) is 38.2 Å². The number of likely N-dealkylation sites (tertiary alicyclic amines) is 1. The summed E-state index contributed by atoms with van der Waals surface area (Å²) in [6, 6.07) is 4.68. The van der Waals surface area contributed by atoms with Crippen molar-refractivity contribution in [2.24, 2.45) is 0 Å². The monoisotopic (exact) mass is 398 g/mol. The molecule has 29 heavy (non-hydrogen) atoms. The highest BCUT2D eigenvalue weighted by atomic mass is 19.1. The SMILES string of the molecule is COc1ccc(CC(=O)N2CCC(c3ncc4c(n3)CCN(C)C4)CC2)cc1F. The highest BCUT2D eigenvalue weighted by Gasteiger charge is 2.27. The van der Waals surface area contributed by atoms with Crippen molar-refractivity contribution in [2.75, 3.05) is 33.8 Å². The normalized spacial score (nSPS) is 17.8. The van der Waals surface area contributed by atoms with Crippen LogP contribution in [0.2, 0.25) is 0 Å². The number of piperidine rings is 1. The molecule has 2 aliphatic heterocycles. The van der Waals surface area contributed by atoms with Crippen LogP contribution in [0.4, 0.5) is 4.39 Å². The van der Waals surface area contributed by atoms with Crippen molar-refractivity contribution in [3.8, 4) is 5.75 Å². The van der Waals surface area contributed by atoms with Crippen LogP contribution in [0.25, 0.3) is 0 Å². The average molecular weight is 398 g/mol. The molecule has 1 amide bonds. The molecule has 3 heterocycles. The maximum absolute atomic E-state index is 13.9. The van der Waals surface area contributed by atoms with E-state index >= 15 is 0 Å². The molecule has 1 aromatic heterocycles. The molecule has 2 aliphatic rings. The molecule has 0 aliphatic carbocycles. The second kappa shape index (κ2) is 8.45. The number of hydrogen-bond donors (Lipinski definition) is 0. The first kappa shape index (κ1) is 19.8. The standard InChI is InChI=1S/C22H27FN4O2/c1-26-8-7-19-17(14-26)13-24-22(25-19)16-5-9-27(10-6-16)21(28)12-15-3-4-20(29-2)18(23)11-15/h3-4,11,13,16H,5-10,12,14H2,1-2H3. The lowest BCUT2D eigenvalue weighted by molar-refractivity contribution is -0.131. The van der Waals surface area contributed by atoms with Crippen LogP contribution in [0.3, 0.4) is 0 Å². The van der Waals surface area contributed by atoms with Gasteiger partial charge in [-0.1, -0.05) is 6.07 Å². The Hall–Kier alpha value is -2.54. The van der Waals surface area contributed by atoms with Gasteiger partial charge in [-0.05, 0) is 37.6 Å². The van der Waals surface area contributed by atoms with E-state index in [1.807, 2.05) is 11.1 Å². The van der Waals surface area contributed by atoms with Crippen LogP contribution >= 0.6 is 0 Å². The lowest BCUT2D eigenvalue weighted by Crippen LogP contribution is -2.39. The average Bonchev–Trinajstić information content (AvgIpc) is 2.73. The summed E-state index contributed by atoms with van der Waals surface area (Å²) in [7, 11) is 3.54. The van der Waals surface area contributed by atoms with Gasteiger partial charge in [-0.15, -0.1) is 0 Å². The predicted octanol–water partition coefficient (Wildman–Crippen LogP) is 2.56. The van der Waals surface area contributed by atoms with E-state index in [2.05, 4.69) is 16.9 Å². The second-order valence-electron chi connectivity index (χ2n) is 7.99. The quantitative estimate of drug-likeness (QED) is 0.792. The number of benzene rings is 1. The van der Waals surface area contributed by atoms with Crippen molar-refractivity contribution in [1.29, 1.82) is 0 Å². The topological polar surface area (TPSA) is 58.6 Å². The van der Waals surface area contributed by atoms with Crippen LogP contribution in [0, 0.1) is 5.82 Å². The van der Waals surface area contributed by atoms with E-state index < -0.39 is 5.82 Å². The number of aromatic nitrogens is 2. The number of rotatable bonds is 4. The van der Waals surface area contributed by atoms with Gasteiger partial charge >= 0.3 is 0 Å². The molecule has 4 rings (SSSR count). The van der Waals surface area contributed by atoms with Crippen molar-refractivity contribution in [2.45, 2.75) is 38.1 Å². The molecule has 0 N–H and O–H groups in total. The Bertz CT molecular complexity index is 896. The Kier molecular flexibility index (Phi) is 5.76. The first-order chi connectivity index (χ1) is 14.0. The van der Waals surface area contributed by atoms with Gasteiger partial charge in [-0.2, -0.15) is 0 Å². The summed E-state index contributed by atoms with van der Waals surface area (Å²) in [5.74, 6) is 0.994. The van der Waals surface area contributed by atoms with Crippen molar-refractivity contribution in [1.82, 2.24) is 19.8 Å². The summed E-state index contributed by atoms with van der Waals surface area (Å²) in [5.41, 5.74) is 3.06. The molecule has 1 fully saturated rings. The highest BCUT2D eigenvalue weighted by Crippen LogP contribution is 2.27. The Morgan fingerprint density at radius 3 is 2.79 bits per heavy atom. The molecule has 0 bridgehead atoms. The molecule has 1 aromatic carbocycles. The summed E-state index contributed by atoms with van der Waals surface area (Å²) in [6.07, 6.45) is 4.87. The number of ether oxygens (including phenoxy) is 1. The maximum atomic E-state index is 13.9. The van der Waals surface area contributed by atoms with Gasteiger partial charge in [0.05, 0.1) is 13.5 Å². The highest BCUT2D eigenvalue weighted by molar-refractivity contribution is 5.79. The zero-order valence-electron chi connectivity index (χ0n) is 17.0. The Balaban J connectivity index is 1.34. The largest absolute Gasteiger partial charge is 0.494 e. The lowest BCUT2D eigenvalue weighted by Gasteiger charge is -2.32. The van der Waals surface area contributed by atoms with Gasteiger partial charge in [0, 0.05) is 56.0 Å². The van der Waals surface area contributed by atoms with E-state index in [9.17, 15) is 9.18 Å². The third-order valence-electron chi connectivity index (χ3n) is 5.93. The number of carbonyl (C=O) groups excluding carboxylic acids is 1. The molecular weight excluding hydrogens is 371 g/mol. The fraction of sp³-hybridized carbons (Fsp3) is 0.500. The first-order valence-corrected chi connectivity index (χ1v) is 10.2. The summed E-state index contributed by atoms with van der Waals surface area (Å²) < 4.78 is 18.8. The minimum Gasteiger partial charge on any atom is -0.494 e. The summed E-state index contributed by atoms with van der Waals surface area (Å²) in [4.78, 5) is 26.2.